The summed E-state index contributed by atoms with van der Waals surface area (Å²) in [7, 11) is 0. The summed E-state index contributed by atoms with van der Waals surface area (Å²) in [4.78, 5) is 0. The first kappa shape index (κ1) is 10.9. The average Bonchev–Trinajstić information content (AvgIpc) is 2.03. The van der Waals surface area contributed by atoms with Crippen molar-refractivity contribution in [2.45, 2.75) is 45.6 Å². The van der Waals surface area contributed by atoms with Gasteiger partial charge in [0.25, 0.3) is 0 Å². The molecular weight excluding hydrogens is 140 g/mol. The summed E-state index contributed by atoms with van der Waals surface area (Å²) in [5, 5.41) is 18.0. The van der Waals surface area contributed by atoms with Crippen molar-refractivity contribution in [3.63, 3.8) is 0 Å². The van der Waals surface area contributed by atoms with Gasteiger partial charge in [0.15, 0.2) is 0 Å². The lowest BCUT2D eigenvalue weighted by Gasteiger charge is -2.16. The molecule has 2 N–H and O–H groups in total. The van der Waals surface area contributed by atoms with E-state index in [0.29, 0.717) is 5.92 Å². The molecule has 0 saturated carbocycles. The minimum Gasteiger partial charge on any atom is -0.396 e. The molecule has 0 aliphatic rings. The van der Waals surface area contributed by atoms with Crippen LogP contribution in [0, 0.1) is 5.92 Å². The summed E-state index contributed by atoms with van der Waals surface area (Å²) in [6.07, 6.45) is 3.43. The summed E-state index contributed by atoms with van der Waals surface area (Å²) >= 11 is 0. The predicted octanol–water partition coefficient (Wildman–Crippen LogP) is 1.56. The lowest BCUT2D eigenvalue weighted by molar-refractivity contribution is 0.101. The molecule has 2 atom stereocenters. The van der Waals surface area contributed by atoms with Crippen LogP contribution in [-0.2, 0) is 0 Å². The SMILES string of the molecule is CCC(C)C(O)CCCCO. The maximum Gasteiger partial charge on any atom is 0.0565 e. The van der Waals surface area contributed by atoms with E-state index in [1.807, 2.05) is 0 Å². The van der Waals surface area contributed by atoms with Crippen LogP contribution in [0.3, 0.4) is 0 Å². The zero-order valence-corrected chi connectivity index (χ0v) is 7.58. The molecule has 0 radical (unpaired) electrons. The Morgan fingerprint density at radius 2 is 1.91 bits per heavy atom. The van der Waals surface area contributed by atoms with Crippen molar-refractivity contribution in [3.05, 3.63) is 0 Å². The fourth-order valence-corrected chi connectivity index (χ4v) is 1.02. The Labute approximate surface area is 69.2 Å². The largest absolute Gasteiger partial charge is 0.396 e. The van der Waals surface area contributed by atoms with Gasteiger partial charge in [-0.25, -0.2) is 0 Å². The van der Waals surface area contributed by atoms with Gasteiger partial charge < -0.3 is 10.2 Å². The number of aliphatic hydroxyl groups is 2. The second kappa shape index (κ2) is 6.62. The van der Waals surface area contributed by atoms with Gasteiger partial charge in [-0.3, -0.25) is 0 Å². The lowest BCUT2D eigenvalue weighted by Crippen LogP contribution is -2.16. The molecule has 0 spiro atoms. The van der Waals surface area contributed by atoms with Crippen LogP contribution in [0.15, 0.2) is 0 Å². The molecule has 0 amide bonds. The highest BCUT2D eigenvalue weighted by atomic mass is 16.3. The Bertz CT molecular complexity index is 83.6. The Balaban J connectivity index is 3.28. The minimum absolute atomic E-state index is 0.174. The molecule has 0 aromatic heterocycles. The highest BCUT2D eigenvalue weighted by molar-refractivity contribution is 4.62. The van der Waals surface area contributed by atoms with Gasteiger partial charge in [-0.1, -0.05) is 20.3 Å². The van der Waals surface area contributed by atoms with Gasteiger partial charge in [-0.05, 0) is 25.2 Å². The van der Waals surface area contributed by atoms with E-state index in [4.69, 9.17) is 5.11 Å². The average molecular weight is 160 g/mol. The Morgan fingerprint density at radius 3 is 2.36 bits per heavy atom. The van der Waals surface area contributed by atoms with Crippen molar-refractivity contribution < 1.29 is 10.2 Å². The molecule has 2 nitrogen and oxygen atoms in total. The van der Waals surface area contributed by atoms with Crippen molar-refractivity contribution in [3.8, 4) is 0 Å². The van der Waals surface area contributed by atoms with Crippen LogP contribution in [0.4, 0.5) is 0 Å². The molecule has 11 heavy (non-hydrogen) atoms. The van der Waals surface area contributed by atoms with E-state index >= 15 is 0 Å². The fourth-order valence-electron chi connectivity index (χ4n) is 1.02. The third-order valence-electron chi connectivity index (χ3n) is 2.21. The number of hydrogen-bond donors (Lipinski definition) is 2. The van der Waals surface area contributed by atoms with E-state index in [-0.39, 0.29) is 12.7 Å². The molecule has 0 heterocycles. The predicted molar refractivity (Wildman–Crippen MR) is 46.4 cm³/mol. The maximum atomic E-state index is 9.46. The van der Waals surface area contributed by atoms with Crippen LogP contribution in [0.5, 0.6) is 0 Å². The second-order valence-corrected chi connectivity index (χ2v) is 3.17. The Kier molecular flexibility index (Phi) is 6.57. The molecular formula is C9H20O2. The topological polar surface area (TPSA) is 40.5 Å². The zero-order chi connectivity index (χ0) is 8.69. The summed E-state index contributed by atoms with van der Waals surface area (Å²) < 4.78 is 0. The molecule has 0 bridgehead atoms. The third-order valence-corrected chi connectivity index (χ3v) is 2.21. The summed E-state index contributed by atoms with van der Waals surface area (Å²) in [5.41, 5.74) is 0. The molecule has 0 fully saturated rings. The van der Waals surface area contributed by atoms with Crippen LogP contribution in [0.1, 0.15) is 39.5 Å². The van der Waals surface area contributed by atoms with E-state index in [2.05, 4.69) is 13.8 Å². The van der Waals surface area contributed by atoms with Crippen LogP contribution >= 0.6 is 0 Å². The molecule has 2 unspecified atom stereocenters. The van der Waals surface area contributed by atoms with Gasteiger partial charge in [-0.15, -0.1) is 0 Å². The van der Waals surface area contributed by atoms with Crippen LogP contribution in [-0.4, -0.2) is 22.9 Å². The number of rotatable bonds is 6. The molecule has 0 saturated heterocycles. The van der Waals surface area contributed by atoms with Gasteiger partial charge in [0, 0.05) is 6.61 Å². The smallest absolute Gasteiger partial charge is 0.0565 e. The summed E-state index contributed by atoms with van der Waals surface area (Å²) in [5.74, 6) is 0.397. The molecule has 0 rings (SSSR count). The fraction of sp³-hybridized carbons (Fsp3) is 1.00. The van der Waals surface area contributed by atoms with Crippen molar-refractivity contribution >= 4 is 0 Å². The monoisotopic (exact) mass is 160 g/mol. The van der Waals surface area contributed by atoms with E-state index in [0.717, 1.165) is 25.7 Å². The van der Waals surface area contributed by atoms with Crippen LogP contribution < -0.4 is 0 Å². The zero-order valence-electron chi connectivity index (χ0n) is 7.58. The van der Waals surface area contributed by atoms with Crippen LogP contribution in [0.2, 0.25) is 0 Å². The molecule has 0 aliphatic heterocycles. The van der Waals surface area contributed by atoms with Crippen molar-refractivity contribution in [2.24, 2.45) is 5.92 Å². The minimum atomic E-state index is -0.174. The number of aliphatic hydroxyl groups excluding tert-OH is 2. The first-order chi connectivity index (χ1) is 5.22. The van der Waals surface area contributed by atoms with Crippen molar-refractivity contribution in [2.75, 3.05) is 6.61 Å². The lowest BCUT2D eigenvalue weighted by atomic mass is 9.97. The molecule has 0 aromatic carbocycles. The summed E-state index contributed by atoms with van der Waals surface area (Å²) in [6.45, 7) is 4.39. The second-order valence-electron chi connectivity index (χ2n) is 3.17. The van der Waals surface area contributed by atoms with Crippen LogP contribution in [0.25, 0.3) is 0 Å². The standard InChI is InChI=1S/C9H20O2/c1-3-8(2)9(11)6-4-5-7-10/h8-11H,3-7H2,1-2H3. The van der Waals surface area contributed by atoms with Crippen molar-refractivity contribution in [1.82, 2.24) is 0 Å². The van der Waals surface area contributed by atoms with Gasteiger partial charge in [0.2, 0.25) is 0 Å². The molecule has 2 heteroatoms. The maximum absolute atomic E-state index is 9.46. The van der Waals surface area contributed by atoms with E-state index in [1.54, 1.807) is 0 Å². The summed E-state index contributed by atoms with van der Waals surface area (Å²) in [6, 6.07) is 0. The highest BCUT2D eigenvalue weighted by Gasteiger charge is 2.10. The molecule has 0 aromatic rings. The van der Waals surface area contributed by atoms with Gasteiger partial charge >= 0.3 is 0 Å². The van der Waals surface area contributed by atoms with Gasteiger partial charge in [0.05, 0.1) is 6.10 Å². The Morgan fingerprint density at radius 1 is 1.27 bits per heavy atom. The van der Waals surface area contributed by atoms with Gasteiger partial charge in [0.1, 0.15) is 0 Å². The third kappa shape index (κ3) is 5.22. The normalized spacial score (nSPS) is 16.4. The van der Waals surface area contributed by atoms with Gasteiger partial charge in [-0.2, -0.15) is 0 Å². The molecule has 0 aliphatic carbocycles. The first-order valence-corrected chi connectivity index (χ1v) is 4.51. The number of hydrogen-bond acceptors (Lipinski definition) is 2. The molecule has 68 valence electrons. The van der Waals surface area contributed by atoms with E-state index in [9.17, 15) is 5.11 Å². The number of unbranched alkanes of at least 4 members (excludes halogenated alkanes) is 1. The van der Waals surface area contributed by atoms with Crippen molar-refractivity contribution in [1.29, 1.82) is 0 Å². The van der Waals surface area contributed by atoms with E-state index in [1.165, 1.54) is 0 Å². The van der Waals surface area contributed by atoms with E-state index < -0.39 is 0 Å². The quantitative estimate of drug-likeness (QED) is 0.579. The first-order valence-electron chi connectivity index (χ1n) is 4.51. The highest BCUT2D eigenvalue weighted by Crippen LogP contribution is 2.12. The Hall–Kier alpha value is -0.0800.